The molecule has 0 aromatic heterocycles. The van der Waals surface area contributed by atoms with E-state index in [1.807, 2.05) is 0 Å². The van der Waals surface area contributed by atoms with Crippen LogP contribution < -0.4 is 0 Å². The summed E-state index contributed by atoms with van der Waals surface area (Å²) in [5, 5.41) is 19.0. The standard InChI is InChI=1S/C9H13NO5/c1-5-2-8(11)6(3-9(12)13)7(5)4-10(14)15/h5-7H,2-4H2,1H3,(H,12,13)/t5-,6+,7+/m0/s1. The predicted octanol–water partition coefficient (Wildman–Crippen LogP) is 0.579. The zero-order valence-electron chi connectivity index (χ0n) is 8.38. The van der Waals surface area contributed by atoms with Crippen LogP contribution in [0.15, 0.2) is 0 Å². The number of hydrogen-bond donors (Lipinski definition) is 1. The second-order valence-corrected chi connectivity index (χ2v) is 4.03. The van der Waals surface area contributed by atoms with Crippen molar-refractivity contribution < 1.29 is 19.6 Å². The van der Waals surface area contributed by atoms with E-state index in [0.29, 0.717) is 0 Å². The van der Waals surface area contributed by atoms with Crippen molar-refractivity contribution in [3.8, 4) is 0 Å². The van der Waals surface area contributed by atoms with Crippen LogP contribution in [0.25, 0.3) is 0 Å². The number of rotatable bonds is 4. The summed E-state index contributed by atoms with van der Waals surface area (Å²) in [7, 11) is 0. The highest BCUT2D eigenvalue weighted by atomic mass is 16.6. The Hall–Kier alpha value is -1.46. The van der Waals surface area contributed by atoms with Crippen LogP contribution in [0.5, 0.6) is 0 Å². The summed E-state index contributed by atoms with van der Waals surface area (Å²) in [6.07, 6.45) is -0.0296. The normalized spacial score (nSPS) is 30.5. The number of carbonyl (C=O) groups excluding carboxylic acids is 1. The van der Waals surface area contributed by atoms with Gasteiger partial charge in [0, 0.05) is 23.2 Å². The Morgan fingerprint density at radius 3 is 2.73 bits per heavy atom. The Balaban J connectivity index is 2.75. The molecule has 1 aliphatic rings. The van der Waals surface area contributed by atoms with Crippen molar-refractivity contribution in [1.82, 2.24) is 0 Å². The topological polar surface area (TPSA) is 97.5 Å². The highest BCUT2D eigenvalue weighted by Gasteiger charge is 2.43. The van der Waals surface area contributed by atoms with E-state index in [0.717, 1.165) is 0 Å². The van der Waals surface area contributed by atoms with Crippen LogP contribution in [0, 0.1) is 27.9 Å². The van der Waals surface area contributed by atoms with Crippen molar-refractivity contribution in [3.05, 3.63) is 10.1 Å². The molecular weight excluding hydrogens is 202 g/mol. The van der Waals surface area contributed by atoms with E-state index < -0.39 is 22.7 Å². The average Bonchev–Trinajstić information content (AvgIpc) is 2.30. The van der Waals surface area contributed by atoms with E-state index in [-0.39, 0.29) is 31.1 Å². The molecular formula is C9H13NO5. The third kappa shape index (κ3) is 2.74. The molecule has 0 aromatic carbocycles. The number of nitrogens with zero attached hydrogens (tertiary/aromatic N) is 1. The van der Waals surface area contributed by atoms with E-state index in [1.54, 1.807) is 6.92 Å². The van der Waals surface area contributed by atoms with Gasteiger partial charge in [0.15, 0.2) is 0 Å². The van der Waals surface area contributed by atoms with Gasteiger partial charge in [0.25, 0.3) is 0 Å². The number of nitro groups is 1. The monoisotopic (exact) mass is 215 g/mol. The summed E-state index contributed by atoms with van der Waals surface area (Å²) in [6, 6.07) is 0. The Morgan fingerprint density at radius 1 is 1.67 bits per heavy atom. The molecule has 0 heterocycles. The SMILES string of the molecule is C[C@H]1CC(=O)[C@H](CC(=O)O)[C@@H]1C[N+](=O)[O-]. The summed E-state index contributed by atoms with van der Waals surface area (Å²) in [5.74, 6) is -2.42. The van der Waals surface area contributed by atoms with Crippen LogP contribution in [-0.2, 0) is 9.59 Å². The molecule has 1 rings (SSSR count). The summed E-state index contributed by atoms with van der Waals surface area (Å²) >= 11 is 0. The zero-order valence-corrected chi connectivity index (χ0v) is 8.38. The fourth-order valence-electron chi connectivity index (χ4n) is 2.19. The first-order valence-corrected chi connectivity index (χ1v) is 4.78. The molecule has 0 saturated heterocycles. The van der Waals surface area contributed by atoms with Gasteiger partial charge < -0.3 is 5.11 Å². The molecule has 6 nitrogen and oxygen atoms in total. The summed E-state index contributed by atoms with van der Waals surface area (Å²) in [4.78, 5) is 31.9. The van der Waals surface area contributed by atoms with E-state index in [9.17, 15) is 19.7 Å². The molecule has 84 valence electrons. The van der Waals surface area contributed by atoms with Gasteiger partial charge in [-0.3, -0.25) is 19.7 Å². The predicted molar refractivity (Wildman–Crippen MR) is 49.9 cm³/mol. The van der Waals surface area contributed by atoms with Crippen molar-refractivity contribution >= 4 is 11.8 Å². The average molecular weight is 215 g/mol. The third-order valence-corrected chi connectivity index (χ3v) is 2.94. The van der Waals surface area contributed by atoms with Gasteiger partial charge in [0.05, 0.1) is 6.42 Å². The first-order valence-electron chi connectivity index (χ1n) is 4.78. The quantitative estimate of drug-likeness (QED) is 0.546. The van der Waals surface area contributed by atoms with Gasteiger partial charge in [-0.15, -0.1) is 0 Å². The first kappa shape index (κ1) is 11.6. The molecule has 1 saturated carbocycles. The molecule has 1 aliphatic carbocycles. The van der Waals surface area contributed by atoms with Crippen LogP contribution in [0.2, 0.25) is 0 Å². The third-order valence-electron chi connectivity index (χ3n) is 2.94. The van der Waals surface area contributed by atoms with Crippen LogP contribution in [0.3, 0.4) is 0 Å². The Kier molecular flexibility index (Phi) is 3.39. The Morgan fingerprint density at radius 2 is 2.27 bits per heavy atom. The van der Waals surface area contributed by atoms with Gasteiger partial charge in [-0.1, -0.05) is 6.92 Å². The highest BCUT2D eigenvalue weighted by molar-refractivity contribution is 5.87. The van der Waals surface area contributed by atoms with Gasteiger partial charge in [-0.05, 0) is 5.92 Å². The number of Topliss-reactive ketones (excluding diaryl/α,β-unsaturated/α-hetero) is 1. The van der Waals surface area contributed by atoms with Crippen molar-refractivity contribution in [2.75, 3.05) is 6.54 Å². The maximum Gasteiger partial charge on any atom is 0.304 e. The molecule has 6 heteroatoms. The van der Waals surface area contributed by atoms with E-state index in [4.69, 9.17) is 5.11 Å². The first-order chi connectivity index (χ1) is 6.91. The minimum atomic E-state index is -1.07. The number of carboxylic acid groups (broad SMARTS) is 1. The lowest BCUT2D eigenvalue weighted by Crippen LogP contribution is -2.26. The molecule has 1 N–H and O–H groups in total. The molecule has 0 aliphatic heterocycles. The second kappa shape index (κ2) is 4.37. The highest BCUT2D eigenvalue weighted by Crippen LogP contribution is 2.36. The maximum atomic E-state index is 11.4. The molecule has 15 heavy (non-hydrogen) atoms. The molecule has 0 unspecified atom stereocenters. The maximum absolute atomic E-state index is 11.4. The number of ketones is 1. The molecule has 0 bridgehead atoms. The van der Waals surface area contributed by atoms with Gasteiger partial charge in [-0.25, -0.2) is 0 Å². The molecule has 3 atom stereocenters. The fraction of sp³-hybridized carbons (Fsp3) is 0.778. The lowest BCUT2D eigenvalue weighted by Gasteiger charge is -2.15. The van der Waals surface area contributed by atoms with Crippen molar-refractivity contribution in [2.24, 2.45) is 17.8 Å². The van der Waals surface area contributed by atoms with Crippen LogP contribution in [0.1, 0.15) is 19.8 Å². The molecule has 0 aromatic rings. The van der Waals surface area contributed by atoms with E-state index in [1.165, 1.54) is 0 Å². The van der Waals surface area contributed by atoms with E-state index >= 15 is 0 Å². The van der Waals surface area contributed by atoms with Crippen molar-refractivity contribution in [2.45, 2.75) is 19.8 Å². The Bertz CT molecular complexity index is 301. The van der Waals surface area contributed by atoms with Crippen molar-refractivity contribution in [1.29, 1.82) is 0 Å². The van der Waals surface area contributed by atoms with Crippen LogP contribution in [-0.4, -0.2) is 28.3 Å². The van der Waals surface area contributed by atoms with Gasteiger partial charge in [-0.2, -0.15) is 0 Å². The summed E-state index contributed by atoms with van der Waals surface area (Å²) in [6.45, 7) is 1.44. The van der Waals surface area contributed by atoms with Gasteiger partial charge in [0.2, 0.25) is 6.54 Å². The van der Waals surface area contributed by atoms with Gasteiger partial charge in [0.1, 0.15) is 5.78 Å². The summed E-state index contributed by atoms with van der Waals surface area (Å²) < 4.78 is 0. The lowest BCUT2D eigenvalue weighted by atomic mass is 9.88. The molecule has 0 amide bonds. The number of carboxylic acids is 1. The smallest absolute Gasteiger partial charge is 0.304 e. The molecule has 0 spiro atoms. The summed E-state index contributed by atoms with van der Waals surface area (Å²) in [5.41, 5.74) is 0. The number of carbonyl (C=O) groups is 2. The number of aliphatic carboxylic acids is 1. The van der Waals surface area contributed by atoms with Crippen LogP contribution in [0.4, 0.5) is 0 Å². The minimum absolute atomic E-state index is 0.0905. The van der Waals surface area contributed by atoms with Crippen molar-refractivity contribution in [3.63, 3.8) is 0 Å². The largest absolute Gasteiger partial charge is 0.481 e. The molecule has 1 fully saturated rings. The van der Waals surface area contributed by atoms with Crippen LogP contribution >= 0.6 is 0 Å². The van der Waals surface area contributed by atoms with Gasteiger partial charge >= 0.3 is 5.97 Å². The molecule has 0 radical (unpaired) electrons. The Labute approximate surface area is 86.4 Å². The fourth-order valence-corrected chi connectivity index (χ4v) is 2.19. The number of hydrogen-bond acceptors (Lipinski definition) is 4. The lowest BCUT2D eigenvalue weighted by molar-refractivity contribution is -0.490. The van der Waals surface area contributed by atoms with E-state index in [2.05, 4.69) is 0 Å². The zero-order chi connectivity index (χ0) is 11.6. The minimum Gasteiger partial charge on any atom is -0.481 e. The second-order valence-electron chi connectivity index (χ2n) is 4.03.